The number of hydrogen-bond acceptors (Lipinski definition) is 3. The molecule has 0 amide bonds. The van der Waals surface area contributed by atoms with Gasteiger partial charge in [-0.1, -0.05) is 6.07 Å². The zero-order valence-electron chi connectivity index (χ0n) is 9.78. The van der Waals surface area contributed by atoms with Crippen LogP contribution < -0.4 is 5.73 Å². The zero-order chi connectivity index (χ0) is 14.4. The van der Waals surface area contributed by atoms with E-state index in [1.807, 2.05) is 0 Å². The molecule has 0 saturated carbocycles. The van der Waals surface area contributed by atoms with Crippen LogP contribution in [-0.2, 0) is 11.0 Å². The molecule has 19 heavy (non-hydrogen) atoms. The molecule has 1 aromatic carbocycles. The third kappa shape index (κ3) is 2.31. The van der Waals surface area contributed by atoms with Crippen LogP contribution in [0.5, 0.6) is 0 Å². The van der Waals surface area contributed by atoms with Gasteiger partial charge < -0.3 is 10.8 Å². The fourth-order valence-electron chi connectivity index (χ4n) is 2.02. The van der Waals surface area contributed by atoms with Crippen molar-refractivity contribution in [2.24, 2.45) is 5.73 Å². The Morgan fingerprint density at radius 2 is 2.05 bits per heavy atom. The highest BCUT2D eigenvalue weighted by Crippen LogP contribution is 2.42. The average molecular weight is 289 g/mol. The summed E-state index contributed by atoms with van der Waals surface area (Å²) in [6.07, 6.45) is -4.54. The summed E-state index contributed by atoms with van der Waals surface area (Å²) in [5, 5.41) is 8.83. The number of aryl methyl sites for hydroxylation is 1. The van der Waals surface area contributed by atoms with Crippen LogP contribution in [0.3, 0.4) is 0 Å². The van der Waals surface area contributed by atoms with Gasteiger partial charge in [-0.25, -0.2) is 0 Å². The van der Waals surface area contributed by atoms with E-state index in [0.29, 0.717) is 9.58 Å². The molecule has 1 heterocycles. The number of carbonyl (C=O) groups is 1. The molecule has 102 valence electrons. The van der Waals surface area contributed by atoms with Crippen molar-refractivity contribution >= 4 is 27.4 Å². The summed E-state index contributed by atoms with van der Waals surface area (Å²) in [6, 6.07) is 2.31. The molecule has 0 bridgehead atoms. The molecule has 7 heteroatoms. The van der Waals surface area contributed by atoms with E-state index < -0.39 is 23.8 Å². The number of thiophene rings is 1. The van der Waals surface area contributed by atoms with E-state index in [2.05, 4.69) is 0 Å². The quantitative estimate of drug-likeness (QED) is 0.891. The van der Waals surface area contributed by atoms with Gasteiger partial charge in [0.15, 0.2) is 0 Å². The lowest BCUT2D eigenvalue weighted by molar-refractivity contribution is -0.139. The second-order valence-electron chi connectivity index (χ2n) is 4.06. The Morgan fingerprint density at radius 1 is 1.42 bits per heavy atom. The average Bonchev–Trinajstić information content (AvgIpc) is 2.62. The van der Waals surface area contributed by atoms with Gasteiger partial charge in [0.1, 0.15) is 6.04 Å². The van der Waals surface area contributed by atoms with Gasteiger partial charge in [-0.05, 0) is 19.1 Å². The Hall–Kier alpha value is -1.60. The van der Waals surface area contributed by atoms with Crippen molar-refractivity contribution in [3.63, 3.8) is 0 Å². The maximum absolute atomic E-state index is 13.0. The summed E-state index contributed by atoms with van der Waals surface area (Å²) < 4.78 is 39.4. The van der Waals surface area contributed by atoms with Crippen molar-refractivity contribution in [1.29, 1.82) is 0 Å². The number of rotatable bonds is 2. The molecular formula is C12H10F3NO2S. The van der Waals surface area contributed by atoms with Gasteiger partial charge in [-0.2, -0.15) is 13.2 Å². The smallest absolute Gasteiger partial charge is 0.417 e. The molecule has 3 N–H and O–H groups in total. The third-order valence-corrected chi connectivity index (χ3v) is 3.91. The van der Waals surface area contributed by atoms with Crippen LogP contribution in [0.25, 0.3) is 10.1 Å². The van der Waals surface area contributed by atoms with Crippen LogP contribution in [0.1, 0.15) is 22.0 Å². The summed E-state index contributed by atoms with van der Waals surface area (Å²) in [7, 11) is 0. The van der Waals surface area contributed by atoms with E-state index in [9.17, 15) is 18.0 Å². The summed E-state index contributed by atoms with van der Waals surface area (Å²) in [6.45, 7) is 1.57. The molecule has 0 radical (unpaired) electrons. The van der Waals surface area contributed by atoms with E-state index in [0.717, 1.165) is 17.4 Å². The summed E-state index contributed by atoms with van der Waals surface area (Å²) in [4.78, 5) is 11.4. The molecule has 1 atom stereocenters. The van der Waals surface area contributed by atoms with E-state index >= 15 is 0 Å². The van der Waals surface area contributed by atoms with Crippen LogP contribution in [0.2, 0.25) is 0 Å². The van der Waals surface area contributed by atoms with Crippen molar-refractivity contribution in [1.82, 2.24) is 0 Å². The maximum atomic E-state index is 13.0. The highest BCUT2D eigenvalue weighted by atomic mass is 32.1. The first-order valence-corrected chi connectivity index (χ1v) is 6.12. The number of benzene rings is 1. The lowest BCUT2D eigenvalue weighted by Gasteiger charge is -2.12. The number of aliphatic carboxylic acids is 1. The Bertz CT molecular complexity index is 648. The SMILES string of the molecule is Cc1sc2cccc(C(F)(F)F)c2c1C(N)C(=O)O. The molecule has 0 aliphatic rings. The Balaban J connectivity index is 2.84. The van der Waals surface area contributed by atoms with Gasteiger partial charge in [-0.3, -0.25) is 4.79 Å². The second-order valence-corrected chi connectivity index (χ2v) is 5.32. The summed E-state index contributed by atoms with van der Waals surface area (Å²) in [5.74, 6) is -1.35. The number of hydrogen-bond donors (Lipinski definition) is 2. The molecule has 0 spiro atoms. The largest absolute Gasteiger partial charge is 0.480 e. The van der Waals surface area contributed by atoms with Gasteiger partial charge in [0, 0.05) is 20.5 Å². The first-order chi connectivity index (χ1) is 8.73. The molecule has 1 unspecified atom stereocenters. The van der Waals surface area contributed by atoms with Crippen LogP contribution in [0, 0.1) is 6.92 Å². The number of carboxylic acids is 1. The first-order valence-electron chi connectivity index (χ1n) is 5.31. The van der Waals surface area contributed by atoms with Crippen LogP contribution in [0.15, 0.2) is 18.2 Å². The number of nitrogens with two attached hydrogens (primary N) is 1. The van der Waals surface area contributed by atoms with Gasteiger partial charge in [0.05, 0.1) is 5.56 Å². The molecule has 0 aliphatic carbocycles. The number of alkyl halides is 3. The number of halogens is 3. The van der Waals surface area contributed by atoms with Crippen LogP contribution >= 0.6 is 11.3 Å². The Labute approximate surface area is 110 Å². The predicted octanol–water partition coefficient (Wildman–Crippen LogP) is 3.31. The standard InChI is InChI=1S/C12H10F3NO2S/c1-5-8(10(16)11(17)18)9-6(12(13,14)15)3-2-4-7(9)19-5/h2-4,10H,16H2,1H3,(H,17,18). The Kier molecular flexibility index (Phi) is 3.27. The molecule has 2 rings (SSSR count). The van der Waals surface area contributed by atoms with Crippen molar-refractivity contribution in [2.75, 3.05) is 0 Å². The summed E-state index contributed by atoms with van der Waals surface area (Å²) >= 11 is 1.11. The molecule has 0 saturated heterocycles. The number of fused-ring (bicyclic) bond motifs is 1. The van der Waals surface area contributed by atoms with E-state index in [1.54, 1.807) is 6.92 Å². The topological polar surface area (TPSA) is 63.3 Å². The van der Waals surface area contributed by atoms with Crippen molar-refractivity contribution in [3.8, 4) is 0 Å². The highest BCUT2D eigenvalue weighted by Gasteiger charge is 2.35. The molecular weight excluding hydrogens is 279 g/mol. The van der Waals surface area contributed by atoms with Crippen LogP contribution in [0.4, 0.5) is 13.2 Å². The van der Waals surface area contributed by atoms with E-state index in [-0.39, 0.29) is 10.9 Å². The number of carboxylic acid groups (broad SMARTS) is 1. The van der Waals surface area contributed by atoms with Gasteiger partial charge in [0.25, 0.3) is 0 Å². The van der Waals surface area contributed by atoms with Crippen molar-refractivity contribution in [2.45, 2.75) is 19.1 Å². The van der Waals surface area contributed by atoms with E-state index in [1.165, 1.54) is 12.1 Å². The minimum absolute atomic E-state index is 0.0421. The summed E-state index contributed by atoms with van der Waals surface area (Å²) in [5.41, 5.74) is 4.70. The lowest BCUT2D eigenvalue weighted by Crippen LogP contribution is -2.21. The van der Waals surface area contributed by atoms with Crippen molar-refractivity contribution in [3.05, 3.63) is 34.2 Å². The van der Waals surface area contributed by atoms with Crippen molar-refractivity contribution < 1.29 is 23.1 Å². The molecule has 2 aromatic rings. The molecule has 0 fully saturated rings. The van der Waals surface area contributed by atoms with Gasteiger partial charge in [0.2, 0.25) is 0 Å². The van der Waals surface area contributed by atoms with Gasteiger partial charge in [-0.15, -0.1) is 11.3 Å². The van der Waals surface area contributed by atoms with Crippen LogP contribution in [-0.4, -0.2) is 11.1 Å². The molecule has 0 aliphatic heterocycles. The minimum Gasteiger partial charge on any atom is -0.480 e. The third-order valence-electron chi connectivity index (χ3n) is 2.82. The normalized spacial score (nSPS) is 13.7. The molecule has 3 nitrogen and oxygen atoms in total. The Morgan fingerprint density at radius 3 is 2.58 bits per heavy atom. The monoisotopic (exact) mass is 289 g/mol. The second kappa shape index (κ2) is 4.50. The highest BCUT2D eigenvalue weighted by molar-refractivity contribution is 7.19. The molecule has 1 aromatic heterocycles. The zero-order valence-corrected chi connectivity index (χ0v) is 10.6. The fraction of sp³-hybridized carbons (Fsp3) is 0.250. The predicted molar refractivity (Wildman–Crippen MR) is 66.1 cm³/mol. The fourth-order valence-corrected chi connectivity index (χ4v) is 3.16. The lowest BCUT2D eigenvalue weighted by atomic mass is 9.99. The minimum atomic E-state index is -4.54. The first kappa shape index (κ1) is 13.8. The van der Waals surface area contributed by atoms with E-state index in [4.69, 9.17) is 10.8 Å². The van der Waals surface area contributed by atoms with Gasteiger partial charge >= 0.3 is 12.1 Å². The maximum Gasteiger partial charge on any atom is 0.417 e.